The lowest BCUT2D eigenvalue weighted by atomic mass is 9.78. The van der Waals surface area contributed by atoms with E-state index in [2.05, 4.69) is 5.32 Å². The Morgan fingerprint density at radius 1 is 1.36 bits per heavy atom. The van der Waals surface area contributed by atoms with E-state index in [0.717, 1.165) is 24.9 Å². The van der Waals surface area contributed by atoms with E-state index in [0.29, 0.717) is 29.9 Å². The van der Waals surface area contributed by atoms with Crippen LogP contribution < -0.4 is 15.8 Å². The highest BCUT2D eigenvalue weighted by Gasteiger charge is 2.30. The van der Waals surface area contributed by atoms with Crippen LogP contribution in [0.2, 0.25) is 0 Å². The Kier molecular flexibility index (Phi) is 6.03. The molecule has 0 unspecified atom stereocenters. The zero-order valence-corrected chi connectivity index (χ0v) is 16.0. The molecule has 25 heavy (non-hydrogen) atoms. The Bertz CT molecular complexity index is 592. The number of anilines is 2. The molecule has 0 saturated heterocycles. The molecule has 0 radical (unpaired) electrons. The third-order valence-electron chi connectivity index (χ3n) is 4.46. The lowest BCUT2D eigenvalue weighted by Gasteiger charge is -2.37. The van der Waals surface area contributed by atoms with Gasteiger partial charge in [-0.3, -0.25) is 0 Å². The third kappa shape index (κ3) is 5.44. The van der Waals surface area contributed by atoms with Gasteiger partial charge >= 0.3 is 6.09 Å². The Morgan fingerprint density at radius 2 is 2.04 bits per heavy atom. The molecule has 3 N–H and O–H groups in total. The first-order valence-electron chi connectivity index (χ1n) is 8.82. The van der Waals surface area contributed by atoms with Crippen LogP contribution in [0.15, 0.2) is 18.2 Å². The Hall–Kier alpha value is -2.11. The maximum absolute atomic E-state index is 11.9. The molecule has 1 aliphatic carbocycles. The molecule has 0 aromatic heterocycles. The van der Waals surface area contributed by atoms with Crippen LogP contribution in [0.5, 0.6) is 5.75 Å². The topological polar surface area (TPSA) is 76.8 Å². The summed E-state index contributed by atoms with van der Waals surface area (Å²) in [5.41, 5.74) is 7.22. The summed E-state index contributed by atoms with van der Waals surface area (Å²) in [7, 11) is 3.41. The summed E-state index contributed by atoms with van der Waals surface area (Å²) < 4.78 is 10.6. The van der Waals surface area contributed by atoms with Gasteiger partial charge in [0.05, 0.1) is 18.5 Å². The summed E-state index contributed by atoms with van der Waals surface area (Å²) in [6.45, 7) is 6.36. The number of benzene rings is 1. The van der Waals surface area contributed by atoms with Gasteiger partial charge in [-0.15, -0.1) is 0 Å². The molecule has 1 aromatic rings. The van der Waals surface area contributed by atoms with Crippen LogP contribution in [-0.2, 0) is 4.74 Å². The zero-order valence-electron chi connectivity index (χ0n) is 16.0. The van der Waals surface area contributed by atoms with Crippen LogP contribution in [0.25, 0.3) is 0 Å². The van der Waals surface area contributed by atoms with E-state index < -0.39 is 5.60 Å². The molecule has 0 bridgehead atoms. The predicted octanol–water partition coefficient (Wildman–Crippen LogP) is 3.72. The van der Waals surface area contributed by atoms with Gasteiger partial charge in [-0.05, 0) is 58.1 Å². The van der Waals surface area contributed by atoms with Gasteiger partial charge < -0.3 is 25.4 Å². The van der Waals surface area contributed by atoms with Gasteiger partial charge in [0.25, 0.3) is 0 Å². The van der Waals surface area contributed by atoms with E-state index in [4.69, 9.17) is 15.2 Å². The zero-order chi connectivity index (χ0) is 18.6. The number of methoxy groups -OCH3 is 1. The van der Waals surface area contributed by atoms with Gasteiger partial charge in [0.15, 0.2) is 0 Å². The second-order valence-corrected chi connectivity index (χ2v) is 7.79. The summed E-state index contributed by atoms with van der Waals surface area (Å²) in [6, 6.07) is 6.19. The summed E-state index contributed by atoms with van der Waals surface area (Å²) in [6.07, 6.45) is 2.89. The minimum absolute atomic E-state index is 0.259. The highest BCUT2D eigenvalue weighted by Crippen LogP contribution is 2.36. The number of nitrogens with two attached hydrogens (primary N) is 1. The highest BCUT2D eigenvalue weighted by molar-refractivity contribution is 5.73. The first-order chi connectivity index (χ1) is 11.7. The van der Waals surface area contributed by atoms with E-state index >= 15 is 0 Å². The number of carbonyl (C=O) groups excluding carboxylic acids is 1. The fraction of sp³-hybridized carbons (Fsp3) is 0.632. The summed E-state index contributed by atoms with van der Waals surface area (Å²) in [5.74, 6) is 1.31. The van der Waals surface area contributed by atoms with Gasteiger partial charge in [-0.2, -0.15) is 0 Å². The molecule has 0 aliphatic heterocycles. The molecule has 0 heterocycles. The van der Waals surface area contributed by atoms with Crippen LogP contribution in [0.3, 0.4) is 0 Å². The smallest absolute Gasteiger partial charge is 0.410 e. The van der Waals surface area contributed by atoms with Crippen molar-refractivity contribution in [3.05, 3.63) is 18.2 Å². The lowest BCUT2D eigenvalue weighted by molar-refractivity contribution is 0.0283. The van der Waals surface area contributed by atoms with E-state index in [1.165, 1.54) is 0 Å². The van der Waals surface area contributed by atoms with Crippen molar-refractivity contribution in [2.45, 2.75) is 51.7 Å². The highest BCUT2D eigenvalue weighted by atomic mass is 16.6. The number of amides is 1. The van der Waals surface area contributed by atoms with Gasteiger partial charge in [-0.1, -0.05) is 6.07 Å². The van der Waals surface area contributed by atoms with E-state index in [9.17, 15) is 4.79 Å². The maximum atomic E-state index is 11.9. The fourth-order valence-corrected chi connectivity index (χ4v) is 2.96. The standard InChI is InChI=1S/C19H31N3O3/c1-19(2,3)25-18(23)22(4)10-9-13-11-14(12-13)21-15-7-6-8-16(24-5)17(15)20/h6-8,13-14,21H,9-12,20H2,1-5H3. The molecule has 1 aliphatic rings. The van der Waals surface area contributed by atoms with Crippen LogP contribution >= 0.6 is 0 Å². The molecule has 6 heteroatoms. The average molecular weight is 349 g/mol. The Balaban J connectivity index is 1.72. The van der Waals surface area contributed by atoms with Crippen molar-refractivity contribution in [2.24, 2.45) is 5.92 Å². The minimum atomic E-state index is -0.451. The molecule has 2 rings (SSSR count). The normalized spacial score (nSPS) is 19.7. The summed E-state index contributed by atoms with van der Waals surface area (Å²) in [4.78, 5) is 13.6. The molecular formula is C19H31N3O3. The number of hydrogen-bond donors (Lipinski definition) is 2. The molecule has 6 nitrogen and oxygen atoms in total. The number of nitrogen functional groups attached to an aromatic ring is 1. The minimum Gasteiger partial charge on any atom is -0.495 e. The average Bonchev–Trinajstić information content (AvgIpc) is 2.48. The SMILES string of the molecule is COc1cccc(NC2CC(CCN(C)C(=O)OC(C)(C)C)C2)c1N. The van der Waals surface area contributed by atoms with Crippen LogP contribution in [-0.4, -0.2) is 43.3 Å². The molecule has 1 aromatic carbocycles. The quantitative estimate of drug-likeness (QED) is 0.765. The second kappa shape index (κ2) is 7.85. The van der Waals surface area contributed by atoms with E-state index in [1.807, 2.05) is 39.0 Å². The fourth-order valence-electron chi connectivity index (χ4n) is 2.96. The number of para-hydroxylation sites is 1. The summed E-state index contributed by atoms with van der Waals surface area (Å²) in [5, 5.41) is 3.48. The van der Waals surface area contributed by atoms with Crippen molar-refractivity contribution < 1.29 is 14.3 Å². The number of nitrogens with one attached hydrogen (secondary N) is 1. The molecule has 1 fully saturated rings. The van der Waals surface area contributed by atoms with Crippen molar-refractivity contribution in [3.8, 4) is 5.75 Å². The monoisotopic (exact) mass is 349 g/mol. The van der Waals surface area contributed by atoms with Gasteiger partial charge in [-0.25, -0.2) is 4.79 Å². The lowest BCUT2D eigenvalue weighted by Crippen LogP contribution is -2.39. The third-order valence-corrected chi connectivity index (χ3v) is 4.46. The number of nitrogens with zero attached hydrogens (tertiary/aromatic N) is 1. The van der Waals surface area contributed by atoms with Crippen molar-refractivity contribution in [2.75, 3.05) is 31.8 Å². The molecule has 140 valence electrons. The largest absolute Gasteiger partial charge is 0.495 e. The van der Waals surface area contributed by atoms with Gasteiger partial charge in [0.1, 0.15) is 11.4 Å². The van der Waals surface area contributed by atoms with Crippen molar-refractivity contribution in [1.29, 1.82) is 0 Å². The molecule has 1 saturated carbocycles. The molecule has 0 spiro atoms. The maximum Gasteiger partial charge on any atom is 0.410 e. The number of carbonyl (C=O) groups is 1. The van der Waals surface area contributed by atoms with Crippen molar-refractivity contribution in [3.63, 3.8) is 0 Å². The summed E-state index contributed by atoms with van der Waals surface area (Å²) >= 11 is 0. The van der Waals surface area contributed by atoms with Crippen LogP contribution in [0, 0.1) is 5.92 Å². The van der Waals surface area contributed by atoms with Crippen molar-refractivity contribution >= 4 is 17.5 Å². The van der Waals surface area contributed by atoms with E-state index in [-0.39, 0.29) is 6.09 Å². The van der Waals surface area contributed by atoms with Gasteiger partial charge in [0.2, 0.25) is 0 Å². The Labute approximate surface area is 150 Å². The van der Waals surface area contributed by atoms with Crippen LogP contribution in [0.4, 0.5) is 16.2 Å². The Morgan fingerprint density at radius 3 is 2.64 bits per heavy atom. The molecule has 1 amide bonds. The number of ether oxygens (including phenoxy) is 2. The predicted molar refractivity (Wildman–Crippen MR) is 101 cm³/mol. The first kappa shape index (κ1) is 19.2. The van der Waals surface area contributed by atoms with Crippen LogP contribution in [0.1, 0.15) is 40.0 Å². The van der Waals surface area contributed by atoms with Gasteiger partial charge in [0, 0.05) is 19.6 Å². The van der Waals surface area contributed by atoms with E-state index in [1.54, 1.807) is 19.1 Å². The van der Waals surface area contributed by atoms with Crippen molar-refractivity contribution in [1.82, 2.24) is 4.90 Å². The first-order valence-corrected chi connectivity index (χ1v) is 8.82. The molecular weight excluding hydrogens is 318 g/mol. The molecule has 0 atom stereocenters. The number of rotatable bonds is 6. The second-order valence-electron chi connectivity index (χ2n) is 7.79. The number of hydrogen-bond acceptors (Lipinski definition) is 5.